The maximum absolute atomic E-state index is 11.6. The van der Waals surface area contributed by atoms with Gasteiger partial charge in [-0.15, -0.1) is 0 Å². The fourth-order valence-electron chi connectivity index (χ4n) is 1.32. The summed E-state index contributed by atoms with van der Waals surface area (Å²) >= 11 is 0. The van der Waals surface area contributed by atoms with Crippen LogP contribution in [0.2, 0.25) is 0 Å². The molecule has 0 saturated carbocycles. The van der Waals surface area contributed by atoms with Crippen molar-refractivity contribution >= 4 is 17.9 Å². The van der Waals surface area contributed by atoms with Gasteiger partial charge in [0, 0.05) is 12.1 Å². The summed E-state index contributed by atoms with van der Waals surface area (Å²) in [6, 6.07) is 7.11. The second-order valence-electron chi connectivity index (χ2n) is 4.97. The maximum atomic E-state index is 11.6. The number of hydrogen-bond donors (Lipinski definition) is 1. The monoisotopic (exact) mass is 248 g/mol. The SMILES string of the molecule is CC(C)(C)OCC(=O)Nc1cccc(C[C]=O)c1. The lowest BCUT2D eigenvalue weighted by Crippen LogP contribution is -2.27. The van der Waals surface area contributed by atoms with Crippen LogP contribution in [0.15, 0.2) is 24.3 Å². The van der Waals surface area contributed by atoms with Gasteiger partial charge in [0.15, 0.2) is 0 Å². The molecule has 0 aliphatic carbocycles. The van der Waals surface area contributed by atoms with E-state index in [1.807, 2.05) is 33.1 Å². The van der Waals surface area contributed by atoms with Crippen LogP contribution in [0, 0.1) is 0 Å². The number of anilines is 1. The van der Waals surface area contributed by atoms with Crippen LogP contribution in [-0.4, -0.2) is 24.4 Å². The van der Waals surface area contributed by atoms with Crippen LogP contribution in [0.5, 0.6) is 0 Å². The van der Waals surface area contributed by atoms with E-state index >= 15 is 0 Å². The molecule has 0 unspecified atom stereocenters. The van der Waals surface area contributed by atoms with E-state index < -0.39 is 0 Å². The molecule has 18 heavy (non-hydrogen) atoms. The first-order valence-corrected chi connectivity index (χ1v) is 5.78. The zero-order chi connectivity index (χ0) is 13.6. The van der Waals surface area contributed by atoms with Crippen molar-refractivity contribution in [2.45, 2.75) is 32.8 Å². The summed E-state index contributed by atoms with van der Waals surface area (Å²) in [7, 11) is 0. The van der Waals surface area contributed by atoms with E-state index in [0.717, 1.165) is 5.56 Å². The van der Waals surface area contributed by atoms with Crippen LogP contribution in [0.4, 0.5) is 5.69 Å². The van der Waals surface area contributed by atoms with Gasteiger partial charge in [-0.2, -0.15) is 0 Å². The lowest BCUT2D eigenvalue weighted by Gasteiger charge is -2.19. The zero-order valence-corrected chi connectivity index (χ0v) is 10.9. The summed E-state index contributed by atoms with van der Waals surface area (Å²) in [5.74, 6) is -0.211. The normalized spacial score (nSPS) is 11.1. The average molecular weight is 248 g/mol. The first-order valence-electron chi connectivity index (χ1n) is 5.78. The molecule has 1 aromatic rings. The molecule has 4 nitrogen and oxygen atoms in total. The number of carbonyl (C=O) groups is 1. The Kier molecular flexibility index (Phi) is 5.04. The lowest BCUT2D eigenvalue weighted by molar-refractivity contribution is -0.125. The fraction of sp³-hybridized carbons (Fsp3) is 0.429. The van der Waals surface area contributed by atoms with E-state index in [0.29, 0.717) is 5.69 Å². The highest BCUT2D eigenvalue weighted by Crippen LogP contribution is 2.11. The zero-order valence-electron chi connectivity index (χ0n) is 10.9. The molecule has 0 fully saturated rings. The third-order valence-electron chi connectivity index (χ3n) is 2.12. The van der Waals surface area contributed by atoms with Crippen LogP contribution in [0.3, 0.4) is 0 Å². The number of ether oxygens (including phenoxy) is 1. The molecule has 0 aliphatic heterocycles. The Balaban J connectivity index is 2.53. The summed E-state index contributed by atoms with van der Waals surface area (Å²) in [5.41, 5.74) is 1.14. The van der Waals surface area contributed by atoms with Gasteiger partial charge in [0.25, 0.3) is 0 Å². The van der Waals surface area contributed by atoms with E-state index in [1.54, 1.807) is 18.2 Å². The Morgan fingerprint density at radius 1 is 1.39 bits per heavy atom. The quantitative estimate of drug-likeness (QED) is 0.868. The Morgan fingerprint density at radius 2 is 2.11 bits per heavy atom. The van der Waals surface area contributed by atoms with Gasteiger partial charge < -0.3 is 10.1 Å². The molecule has 4 heteroatoms. The number of hydrogen-bond acceptors (Lipinski definition) is 3. The van der Waals surface area contributed by atoms with Gasteiger partial charge in [-0.05, 0) is 38.5 Å². The van der Waals surface area contributed by atoms with Crippen LogP contribution in [0.25, 0.3) is 0 Å². The minimum absolute atomic E-state index is 0.00747. The van der Waals surface area contributed by atoms with E-state index in [1.165, 1.54) is 0 Å². The van der Waals surface area contributed by atoms with Crippen molar-refractivity contribution in [2.75, 3.05) is 11.9 Å². The Hall–Kier alpha value is -1.68. The van der Waals surface area contributed by atoms with Gasteiger partial charge >= 0.3 is 0 Å². The molecule has 1 aromatic carbocycles. The molecule has 1 amide bonds. The largest absolute Gasteiger partial charge is 0.366 e. The van der Waals surface area contributed by atoms with Crippen molar-refractivity contribution in [3.05, 3.63) is 29.8 Å². The number of carbonyl (C=O) groups excluding carboxylic acids is 2. The highest BCUT2D eigenvalue weighted by Gasteiger charge is 2.12. The van der Waals surface area contributed by atoms with E-state index in [4.69, 9.17) is 4.74 Å². The number of nitrogens with one attached hydrogen (secondary N) is 1. The van der Waals surface area contributed by atoms with E-state index in [9.17, 15) is 9.59 Å². The highest BCUT2D eigenvalue weighted by atomic mass is 16.5. The van der Waals surface area contributed by atoms with Gasteiger partial charge in [-0.1, -0.05) is 12.1 Å². The van der Waals surface area contributed by atoms with Crippen molar-refractivity contribution < 1.29 is 14.3 Å². The second kappa shape index (κ2) is 6.31. The van der Waals surface area contributed by atoms with Gasteiger partial charge in [-0.3, -0.25) is 9.59 Å². The standard InChI is InChI=1S/C14H18NO3/c1-14(2,3)18-10-13(17)15-12-6-4-5-11(9-12)7-8-16/h4-6,9H,7,10H2,1-3H3,(H,15,17). The molecule has 1 radical (unpaired) electrons. The number of amides is 1. The lowest BCUT2D eigenvalue weighted by atomic mass is 10.1. The van der Waals surface area contributed by atoms with Crippen molar-refractivity contribution in [2.24, 2.45) is 0 Å². The Labute approximate surface area is 107 Å². The summed E-state index contributed by atoms with van der Waals surface area (Å²) in [4.78, 5) is 21.9. The minimum Gasteiger partial charge on any atom is -0.366 e. The molecule has 0 aromatic heterocycles. The first kappa shape index (κ1) is 14.4. The molecular formula is C14H18NO3. The molecule has 0 bridgehead atoms. The van der Waals surface area contributed by atoms with Crippen molar-refractivity contribution in [1.29, 1.82) is 0 Å². The van der Waals surface area contributed by atoms with Crippen molar-refractivity contribution in [1.82, 2.24) is 0 Å². The third-order valence-corrected chi connectivity index (χ3v) is 2.12. The van der Waals surface area contributed by atoms with Gasteiger partial charge in [0.05, 0.1) is 5.60 Å². The Bertz CT molecular complexity index is 421. The predicted octanol–water partition coefficient (Wildman–Crippen LogP) is 2.09. The minimum atomic E-state index is -0.342. The molecule has 0 heterocycles. The summed E-state index contributed by atoms with van der Waals surface area (Å²) in [6.45, 7) is 5.68. The molecule has 1 rings (SSSR count). The predicted molar refractivity (Wildman–Crippen MR) is 70.2 cm³/mol. The second-order valence-corrected chi connectivity index (χ2v) is 4.97. The molecule has 0 spiro atoms. The van der Waals surface area contributed by atoms with Gasteiger partial charge in [0.2, 0.25) is 12.2 Å². The molecule has 97 valence electrons. The van der Waals surface area contributed by atoms with Crippen molar-refractivity contribution in [3.8, 4) is 0 Å². The van der Waals surface area contributed by atoms with Crippen LogP contribution < -0.4 is 5.32 Å². The molecule has 0 atom stereocenters. The van der Waals surface area contributed by atoms with Crippen LogP contribution >= 0.6 is 0 Å². The topological polar surface area (TPSA) is 55.4 Å². The van der Waals surface area contributed by atoms with E-state index in [2.05, 4.69) is 5.32 Å². The summed E-state index contributed by atoms with van der Waals surface area (Å²) < 4.78 is 5.37. The maximum Gasteiger partial charge on any atom is 0.250 e. The smallest absolute Gasteiger partial charge is 0.250 e. The fourth-order valence-corrected chi connectivity index (χ4v) is 1.32. The molecule has 0 saturated heterocycles. The van der Waals surface area contributed by atoms with Crippen molar-refractivity contribution in [3.63, 3.8) is 0 Å². The summed E-state index contributed by atoms with van der Waals surface area (Å²) in [6.07, 6.45) is 2.05. The Morgan fingerprint density at radius 3 is 2.72 bits per heavy atom. The number of benzene rings is 1. The van der Waals surface area contributed by atoms with Gasteiger partial charge in [-0.25, -0.2) is 0 Å². The third kappa shape index (κ3) is 5.59. The van der Waals surface area contributed by atoms with Crippen LogP contribution in [-0.2, 0) is 20.7 Å². The average Bonchev–Trinajstić information content (AvgIpc) is 2.26. The number of rotatable bonds is 5. The molecule has 0 aliphatic rings. The molecular weight excluding hydrogens is 230 g/mol. The highest BCUT2D eigenvalue weighted by molar-refractivity contribution is 5.91. The first-order chi connectivity index (χ1) is 8.40. The van der Waals surface area contributed by atoms with E-state index in [-0.39, 0.29) is 24.5 Å². The molecule has 1 N–H and O–H groups in total. The van der Waals surface area contributed by atoms with Gasteiger partial charge in [0.1, 0.15) is 6.61 Å². The summed E-state index contributed by atoms with van der Waals surface area (Å²) in [5, 5.41) is 2.72. The van der Waals surface area contributed by atoms with Crippen LogP contribution in [0.1, 0.15) is 26.3 Å².